The van der Waals surface area contributed by atoms with Gasteiger partial charge in [-0.05, 0) is 145 Å². The Balaban J connectivity index is 0.000000794. The van der Waals surface area contributed by atoms with Gasteiger partial charge in [-0.25, -0.2) is 0 Å². The number of hydrogen-bond acceptors (Lipinski definition) is 22. The molecule has 7 aromatic rings. The lowest BCUT2D eigenvalue weighted by atomic mass is 9.82. The molecule has 7 amide bonds. The molecular weight excluding hydrogens is 1720 g/mol. The SMILES string of the molecule is CCCCC(C)(CC)CNC(=O)c1cc(CC)on1.CCCCC(C)(CC)CNC(=O)c1noc(CC)c1C.CCCCCC(C)(C)CNC(=O)c1cc(CC)on1.CCCCCC(C)(C)CNC(=O)c1noc(CC)c1C.CCCCCC(C)(CC)CNC(=O)c1cc(CC)on1.CCCCCC(C)(CC)CNC(=O)c1noc(CC)c1C.CCc1cc(C(=O)NCC(C)(C)N(C)C)no1. The first-order valence-corrected chi connectivity index (χ1v) is 51.6. The summed E-state index contributed by atoms with van der Waals surface area (Å²) < 4.78 is 35.7. The van der Waals surface area contributed by atoms with Crippen LogP contribution in [0.5, 0.6) is 0 Å². The lowest BCUT2D eigenvalue weighted by Gasteiger charge is -2.32. The maximum atomic E-state index is 12.3. The summed E-state index contributed by atoms with van der Waals surface area (Å²) in [5, 5.41) is 47.6. The molecule has 0 aliphatic heterocycles. The number of nitrogens with zero attached hydrogens (tertiary/aromatic N) is 8. The van der Waals surface area contributed by atoms with E-state index >= 15 is 0 Å². The number of amides is 7. The summed E-state index contributed by atoms with van der Waals surface area (Å²) in [6.45, 7) is 68.0. The molecular formula is C107H187N15O14. The number of aryl methyl sites for hydroxylation is 7. The van der Waals surface area contributed by atoms with Crippen molar-refractivity contribution in [2.75, 3.05) is 59.9 Å². The Morgan fingerprint density at radius 3 is 0.684 bits per heavy atom. The van der Waals surface area contributed by atoms with E-state index in [1.54, 1.807) is 24.3 Å². The number of likely N-dealkylation sites (N-methyl/N-ethyl adjacent to an activating group) is 1. The Morgan fingerprint density at radius 1 is 0.265 bits per heavy atom. The van der Waals surface area contributed by atoms with E-state index in [0.717, 1.165) is 166 Å². The molecule has 4 atom stereocenters. The van der Waals surface area contributed by atoms with Gasteiger partial charge in [-0.15, -0.1) is 0 Å². The lowest BCUT2D eigenvalue weighted by Crippen LogP contribution is -2.48. The van der Waals surface area contributed by atoms with Crippen molar-refractivity contribution in [2.24, 2.45) is 32.5 Å². The van der Waals surface area contributed by atoms with Crippen LogP contribution in [-0.4, -0.2) is 148 Å². The highest BCUT2D eigenvalue weighted by Gasteiger charge is 2.31. The van der Waals surface area contributed by atoms with Gasteiger partial charge in [0.2, 0.25) is 0 Å². The first kappa shape index (κ1) is 125. The predicted octanol–water partition coefficient (Wildman–Crippen LogP) is 24.5. The molecule has 0 saturated carbocycles. The van der Waals surface area contributed by atoms with Gasteiger partial charge in [0.25, 0.3) is 41.4 Å². The van der Waals surface area contributed by atoms with Gasteiger partial charge in [-0.3, -0.25) is 33.6 Å². The first-order valence-electron chi connectivity index (χ1n) is 51.6. The zero-order valence-electron chi connectivity index (χ0n) is 90.9. The van der Waals surface area contributed by atoms with Crippen molar-refractivity contribution in [1.82, 2.24) is 78.2 Å². The Labute approximate surface area is 819 Å². The third-order valence-electron chi connectivity index (χ3n) is 26.6. The second-order valence-corrected chi connectivity index (χ2v) is 40.4. The Hall–Kier alpha value is -9.28. The van der Waals surface area contributed by atoms with Crippen molar-refractivity contribution in [3.8, 4) is 0 Å². The van der Waals surface area contributed by atoms with Crippen molar-refractivity contribution in [1.29, 1.82) is 0 Å². The van der Waals surface area contributed by atoms with E-state index in [1.807, 2.05) is 83.3 Å². The van der Waals surface area contributed by atoms with Crippen LogP contribution in [0.2, 0.25) is 0 Å². The molecule has 0 spiro atoms. The van der Waals surface area contributed by atoms with Crippen molar-refractivity contribution in [2.45, 2.75) is 425 Å². The van der Waals surface area contributed by atoms with Crippen LogP contribution >= 0.6 is 0 Å². The Morgan fingerprint density at radius 2 is 0.478 bits per heavy atom. The summed E-state index contributed by atoms with van der Waals surface area (Å²) in [4.78, 5) is 86.4. The summed E-state index contributed by atoms with van der Waals surface area (Å²) in [6.07, 6.45) is 35.9. The molecule has 7 heterocycles. The molecule has 29 nitrogen and oxygen atoms in total. The highest BCUT2D eigenvalue weighted by Crippen LogP contribution is 2.33. The van der Waals surface area contributed by atoms with Crippen LogP contribution < -0.4 is 37.2 Å². The van der Waals surface area contributed by atoms with E-state index < -0.39 is 0 Å². The standard InChI is InChI=1S/C17H30N2O2.3C16H28N2O2.2C15H26N2O2.C12H21N3O2/c1-6-9-10-11-17(5,8-3)12-18-16(20)15-13(4)14(7-2)21-19-15;1-6-8-9-10-16(4,5)11-17-15(19)14-12(3)13(7-2)20-18-14;1-6-9-10-16(5,8-3)11-17-15(19)14-12(4)13(7-2)20-18-14;1-5-8-9-10-16(4,7-3)12-17-15(19)14-11-13(6-2)20-18-14;1-5-7-8-9-15(3,4)11-16-14(18)13-10-12(6-2)19-17-13;1-5-8-9-15(4,7-3)11-16-14(18)13-10-12(6-2)19-17-13;1-6-9-7-10(14-17-9)11(16)13-8-12(2,3)15(4)5/h6-12H2,1-5H3,(H,18,20);2*6-11H2,1-5H3,(H,17,19);11H,5-10,12H2,1-4H3,(H,17,19);2*10H,5-9,11H2,1-4H3,(H,16,18);7H,6,8H2,1-5H3,(H,13,16). The molecule has 0 aliphatic carbocycles. The van der Waals surface area contributed by atoms with Gasteiger partial charge in [0.1, 0.15) is 40.3 Å². The van der Waals surface area contributed by atoms with Crippen LogP contribution in [0.25, 0.3) is 0 Å². The molecule has 29 heteroatoms. The van der Waals surface area contributed by atoms with Gasteiger partial charge in [0.05, 0.1) is 0 Å². The summed E-state index contributed by atoms with van der Waals surface area (Å²) in [6, 6.07) is 6.82. The number of rotatable bonds is 55. The number of unbranched alkanes of at least 4 members (excludes halogenated alkanes) is 10. The predicted molar refractivity (Wildman–Crippen MR) is 546 cm³/mol. The van der Waals surface area contributed by atoms with Gasteiger partial charge in [0, 0.05) is 137 Å². The molecule has 0 aliphatic rings. The molecule has 0 fully saturated rings. The monoisotopic (exact) mass is 1910 g/mol. The molecule has 0 aromatic carbocycles. The maximum absolute atomic E-state index is 12.3. The average Bonchev–Trinajstić information content (AvgIpc) is 1.72. The number of carbonyl (C=O) groups excluding carboxylic acids is 7. The van der Waals surface area contributed by atoms with Crippen LogP contribution in [0.3, 0.4) is 0 Å². The zero-order valence-corrected chi connectivity index (χ0v) is 90.9. The van der Waals surface area contributed by atoms with E-state index in [-0.39, 0.29) is 79.4 Å². The van der Waals surface area contributed by atoms with Crippen LogP contribution in [0.15, 0.2) is 55.9 Å². The molecule has 0 radical (unpaired) electrons. The second kappa shape index (κ2) is 65.6. The summed E-state index contributed by atoms with van der Waals surface area (Å²) in [5.41, 5.74) is 6.16. The van der Waals surface area contributed by atoms with Gasteiger partial charge < -0.3 is 73.8 Å². The largest absolute Gasteiger partial charge is 0.361 e. The van der Waals surface area contributed by atoms with Crippen LogP contribution in [0.4, 0.5) is 0 Å². The van der Waals surface area contributed by atoms with Crippen LogP contribution in [0, 0.1) is 53.3 Å². The molecule has 4 unspecified atom stereocenters. The molecule has 774 valence electrons. The highest BCUT2D eigenvalue weighted by molar-refractivity contribution is 5.96. The van der Waals surface area contributed by atoms with E-state index in [9.17, 15) is 33.6 Å². The molecule has 0 bridgehead atoms. The molecule has 136 heavy (non-hydrogen) atoms. The Bertz CT molecular complexity index is 4480. The van der Waals surface area contributed by atoms with Crippen molar-refractivity contribution in [3.63, 3.8) is 0 Å². The minimum absolute atomic E-state index is 0.0903. The summed E-state index contributed by atoms with van der Waals surface area (Å²) in [5.74, 6) is 4.35. The van der Waals surface area contributed by atoms with Crippen molar-refractivity contribution in [3.05, 3.63) is 121 Å². The van der Waals surface area contributed by atoms with Gasteiger partial charge >= 0.3 is 0 Å². The fraction of sp³-hybridized carbons (Fsp3) is 0.738. The fourth-order valence-corrected chi connectivity index (χ4v) is 14.2. The van der Waals surface area contributed by atoms with E-state index in [4.69, 9.17) is 31.7 Å². The maximum Gasteiger partial charge on any atom is 0.273 e. The normalized spacial score (nSPS) is 13.1. The second-order valence-electron chi connectivity index (χ2n) is 40.4. The smallest absolute Gasteiger partial charge is 0.273 e. The third-order valence-corrected chi connectivity index (χ3v) is 26.6. The van der Waals surface area contributed by atoms with Gasteiger partial charge in [-0.1, -0.05) is 312 Å². The van der Waals surface area contributed by atoms with E-state index in [0.29, 0.717) is 85.7 Å². The van der Waals surface area contributed by atoms with Crippen molar-refractivity contribution >= 4 is 41.4 Å². The number of hydrogen-bond donors (Lipinski definition) is 7. The number of carbonyl (C=O) groups is 7. The molecule has 7 rings (SSSR count). The number of nitrogens with one attached hydrogen (secondary N) is 7. The third kappa shape index (κ3) is 46.9. The fourth-order valence-electron chi connectivity index (χ4n) is 14.2. The first-order chi connectivity index (χ1) is 64.3. The van der Waals surface area contributed by atoms with E-state index in [2.05, 4.69) is 217 Å². The quantitative estimate of drug-likeness (QED) is 0.0174. The van der Waals surface area contributed by atoms with Crippen LogP contribution in [-0.2, 0) is 44.9 Å². The number of aromatic nitrogens is 7. The zero-order chi connectivity index (χ0) is 103. The van der Waals surface area contributed by atoms with Crippen molar-refractivity contribution < 1.29 is 65.2 Å². The molecule has 0 saturated heterocycles. The highest BCUT2D eigenvalue weighted by atomic mass is 16.5. The minimum Gasteiger partial charge on any atom is -0.361 e. The minimum atomic E-state index is -0.191. The van der Waals surface area contributed by atoms with E-state index in [1.165, 1.54) is 103 Å². The van der Waals surface area contributed by atoms with Gasteiger partial charge in [0.15, 0.2) is 39.9 Å². The average molecular weight is 1910 g/mol. The molecule has 7 N–H and O–H groups in total. The van der Waals surface area contributed by atoms with Gasteiger partial charge in [-0.2, -0.15) is 0 Å². The van der Waals surface area contributed by atoms with Crippen LogP contribution in [0.1, 0.15) is 484 Å². The summed E-state index contributed by atoms with van der Waals surface area (Å²) >= 11 is 0. The molecule has 7 aromatic heterocycles. The topological polar surface area (TPSA) is 389 Å². The summed E-state index contributed by atoms with van der Waals surface area (Å²) in [7, 11) is 3.97. The Kier molecular flexibility index (Phi) is 60.1. The lowest BCUT2D eigenvalue weighted by molar-refractivity contribution is 0.0904.